The van der Waals surface area contributed by atoms with Crippen LogP contribution in [0, 0.1) is 23.2 Å². The van der Waals surface area contributed by atoms with E-state index in [1.165, 1.54) is 32.1 Å². The van der Waals surface area contributed by atoms with Crippen molar-refractivity contribution in [1.82, 2.24) is 0 Å². The predicted molar refractivity (Wildman–Crippen MR) is 64.4 cm³/mol. The monoisotopic (exact) mass is 196 g/mol. The summed E-state index contributed by atoms with van der Waals surface area (Å²) in [5.74, 6) is 2.79. The molecule has 0 heteroatoms. The Morgan fingerprint density at radius 3 is 2.29 bits per heavy atom. The third-order valence-corrected chi connectivity index (χ3v) is 4.95. The Balaban J connectivity index is 2.85. The Labute approximate surface area is 90.5 Å². The van der Waals surface area contributed by atoms with E-state index in [1.54, 1.807) is 0 Å². The molecule has 0 heterocycles. The molecule has 84 valence electrons. The lowest BCUT2D eigenvalue weighted by Crippen LogP contribution is -2.34. The summed E-state index contributed by atoms with van der Waals surface area (Å²) in [4.78, 5) is 0. The van der Waals surface area contributed by atoms with Crippen LogP contribution in [0.5, 0.6) is 0 Å². The first kappa shape index (κ1) is 12.1. The van der Waals surface area contributed by atoms with E-state index in [0.29, 0.717) is 5.41 Å². The van der Waals surface area contributed by atoms with Crippen LogP contribution in [0.2, 0.25) is 0 Å². The van der Waals surface area contributed by atoms with Crippen LogP contribution in [0.1, 0.15) is 66.7 Å². The van der Waals surface area contributed by atoms with Crippen molar-refractivity contribution in [2.45, 2.75) is 66.7 Å². The van der Waals surface area contributed by atoms with Crippen molar-refractivity contribution in [1.29, 1.82) is 0 Å². The maximum absolute atomic E-state index is 2.48. The molecule has 0 amide bonds. The first-order valence-electron chi connectivity index (χ1n) is 6.58. The first-order chi connectivity index (χ1) is 6.58. The van der Waals surface area contributed by atoms with Crippen LogP contribution in [0.4, 0.5) is 0 Å². The fourth-order valence-corrected chi connectivity index (χ4v) is 3.93. The molecule has 0 aromatic rings. The second-order valence-electron chi connectivity index (χ2n) is 5.64. The van der Waals surface area contributed by atoms with Gasteiger partial charge in [-0.3, -0.25) is 0 Å². The molecule has 1 fully saturated rings. The van der Waals surface area contributed by atoms with E-state index in [-0.39, 0.29) is 0 Å². The maximum Gasteiger partial charge on any atom is -0.0244 e. The Bertz CT molecular complexity index is 171. The van der Waals surface area contributed by atoms with Crippen LogP contribution in [-0.2, 0) is 0 Å². The standard InChI is InChI=1S/C14H28/c1-6-12(5)14(7-2)10-8-9-13(14)11(3)4/h11-13H,6-10H2,1-5H3. The van der Waals surface area contributed by atoms with Gasteiger partial charge in [0.1, 0.15) is 0 Å². The molecule has 3 atom stereocenters. The lowest BCUT2D eigenvalue weighted by molar-refractivity contribution is 0.0707. The zero-order valence-electron chi connectivity index (χ0n) is 10.8. The summed E-state index contributed by atoms with van der Waals surface area (Å²) >= 11 is 0. The molecule has 3 unspecified atom stereocenters. The summed E-state index contributed by atoms with van der Waals surface area (Å²) in [6.45, 7) is 12.1. The summed E-state index contributed by atoms with van der Waals surface area (Å²) in [5, 5.41) is 0. The molecule has 0 aromatic carbocycles. The van der Waals surface area contributed by atoms with Gasteiger partial charge in [-0.2, -0.15) is 0 Å². The Kier molecular flexibility index (Phi) is 4.04. The van der Waals surface area contributed by atoms with E-state index in [0.717, 1.165) is 17.8 Å². The first-order valence-corrected chi connectivity index (χ1v) is 6.58. The van der Waals surface area contributed by atoms with Gasteiger partial charge in [0.25, 0.3) is 0 Å². The summed E-state index contributed by atoms with van der Waals surface area (Å²) in [6.07, 6.45) is 7.19. The van der Waals surface area contributed by atoms with Crippen molar-refractivity contribution in [2.75, 3.05) is 0 Å². The van der Waals surface area contributed by atoms with Gasteiger partial charge in [-0.05, 0) is 42.4 Å². The zero-order valence-corrected chi connectivity index (χ0v) is 10.8. The summed E-state index contributed by atoms with van der Waals surface area (Å²) in [5.41, 5.74) is 0.683. The molecule has 1 aliphatic carbocycles. The molecule has 0 N–H and O–H groups in total. The minimum atomic E-state index is 0.683. The molecule has 1 rings (SSSR count). The molecule has 0 nitrogen and oxygen atoms in total. The van der Waals surface area contributed by atoms with E-state index >= 15 is 0 Å². The summed E-state index contributed by atoms with van der Waals surface area (Å²) in [7, 11) is 0. The highest BCUT2D eigenvalue weighted by Gasteiger charge is 2.45. The van der Waals surface area contributed by atoms with Gasteiger partial charge < -0.3 is 0 Å². The van der Waals surface area contributed by atoms with E-state index in [9.17, 15) is 0 Å². The topological polar surface area (TPSA) is 0 Å². The summed E-state index contributed by atoms with van der Waals surface area (Å²) < 4.78 is 0. The van der Waals surface area contributed by atoms with Gasteiger partial charge in [-0.15, -0.1) is 0 Å². The highest BCUT2D eigenvalue weighted by molar-refractivity contribution is 4.95. The van der Waals surface area contributed by atoms with Crippen molar-refractivity contribution in [3.05, 3.63) is 0 Å². The minimum absolute atomic E-state index is 0.683. The second-order valence-corrected chi connectivity index (χ2v) is 5.64. The van der Waals surface area contributed by atoms with Gasteiger partial charge in [-0.1, -0.05) is 47.5 Å². The molecule has 0 aromatic heterocycles. The van der Waals surface area contributed by atoms with Gasteiger partial charge in [0.2, 0.25) is 0 Å². The zero-order chi connectivity index (χ0) is 10.8. The molecule has 0 saturated heterocycles. The third kappa shape index (κ3) is 1.85. The molecule has 0 aliphatic heterocycles. The SMILES string of the molecule is CCC(C)C1(CC)CCCC1C(C)C. The fraction of sp³-hybridized carbons (Fsp3) is 1.00. The maximum atomic E-state index is 2.48. The lowest BCUT2D eigenvalue weighted by atomic mass is 9.63. The number of hydrogen-bond donors (Lipinski definition) is 0. The van der Waals surface area contributed by atoms with Crippen LogP contribution in [-0.4, -0.2) is 0 Å². The number of hydrogen-bond acceptors (Lipinski definition) is 0. The van der Waals surface area contributed by atoms with Crippen molar-refractivity contribution >= 4 is 0 Å². The molecule has 0 radical (unpaired) electrons. The summed E-state index contributed by atoms with van der Waals surface area (Å²) in [6, 6.07) is 0. The van der Waals surface area contributed by atoms with Gasteiger partial charge >= 0.3 is 0 Å². The van der Waals surface area contributed by atoms with Crippen LogP contribution in [0.3, 0.4) is 0 Å². The average Bonchev–Trinajstić information content (AvgIpc) is 2.61. The smallest absolute Gasteiger partial charge is 0.0244 e. The normalized spacial score (nSPS) is 35.1. The predicted octanol–water partition coefficient (Wildman–Crippen LogP) is 4.89. The Morgan fingerprint density at radius 2 is 1.86 bits per heavy atom. The second kappa shape index (κ2) is 4.68. The van der Waals surface area contributed by atoms with Crippen molar-refractivity contribution in [2.24, 2.45) is 23.2 Å². The highest BCUT2D eigenvalue weighted by Crippen LogP contribution is 2.54. The van der Waals surface area contributed by atoms with Gasteiger partial charge in [0, 0.05) is 0 Å². The molecule has 0 bridgehead atoms. The van der Waals surface area contributed by atoms with Crippen molar-refractivity contribution in [3.63, 3.8) is 0 Å². The van der Waals surface area contributed by atoms with Gasteiger partial charge in [-0.25, -0.2) is 0 Å². The average molecular weight is 196 g/mol. The highest BCUT2D eigenvalue weighted by atomic mass is 14.5. The van der Waals surface area contributed by atoms with Gasteiger partial charge in [0.05, 0.1) is 0 Å². The third-order valence-electron chi connectivity index (χ3n) is 4.95. The lowest BCUT2D eigenvalue weighted by Gasteiger charge is -2.42. The van der Waals surface area contributed by atoms with E-state index in [1.807, 2.05) is 0 Å². The van der Waals surface area contributed by atoms with E-state index in [2.05, 4.69) is 34.6 Å². The van der Waals surface area contributed by atoms with Gasteiger partial charge in [0.15, 0.2) is 0 Å². The fourth-order valence-electron chi connectivity index (χ4n) is 3.93. The molecule has 0 spiro atoms. The van der Waals surface area contributed by atoms with Crippen LogP contribution < -0.4 is 0 Å². The van der Waals surface area contributed by atoms with E-state index < -0.39 is 0 Å². The molecule has 1 aliphatic rings. The Morgan fingerprint density at radius 1 is 1.21 bits per heavy atom. The van der Waals surface area contributed by atoms with Crippen LogP contribution in [0.15, 0.2) is 0 Å². The molecule has 14 heavy (non-hydrogen) atoms. The molecular weight excluding hydrogens is 168 g/mol. The minimum Gasteiger partial charge on any atom is -0.0651 e. The largest absolute Gasteiger partial charge is 0.0651 e. The van der Waals surface area contributed by atoms with Crippen molar-refractivity contribution in [3.8, 4) is 0 Å². The molecular formula is C14H28. The number of rotatable bonds is 4. The molecule has 1 saturated carbocycles. The quantitative estimate of drug-likeness (QED) is 0.601. The van der Waals surface area contributed by atoms with Crippen LogP contribution in [0.25, 0.3) is 0 Å². The van der Waals surface area contributed by atoms with E-state index in [4.69, 9.17) is 0 Å². The van der Waals surface area contributed by atoms with Crippen LogP contribution >= 0.6 is 0 Å². The Hall–Kier alpha value is 0. The van der Waals surface area contributed by atoms with Crippen molar-refractivity contribution < 1.29 is 0 Å².